The minimum absolute atomic E-state index is 0.334. The molecule has 0 heterocycles. The van der Waals surface area contributed by atoms with Gasteiger partial charge in [0, 0.05) is 17.9 Å². The van der Waals surface area contributed by atoms with Gasteiger partial charge >= 0.3 is 0 Å². The highest BCUT2D eigenvalue weighted by atomic mass is 16.7. The molecule has 0 bridgehead atoms. The third kappa shape index (κ3) is 3.31. The van der Waals surface area contributed by atoms with Gasteiger partial charge in [0.25, 0.3) is 0 Å². The van der Waals surface area contributed by atoms with Gasteiger partial charge in [0.15, 0.2) is 6.29 Å². The minimum atomic E-state index is -0.334. The first-order valence-corrected chi connectivity index (χ1v) is 7.89. The first-order valence-electron chi connectivity index (χ1n) is 7.89. The zero-order valence-corrected chi connectivity index (χ0v) is 13.8. The number of aryl methyl sites for hydroxylation is 1. The lowest BCUT2D eigenvalue weighted by Gasteiger charge is -2.19. The van der Waals surface area contributed by atoms with E-state index in [2.05, 4.69) is 43.3 Å². The van der Waals surface area contributed by atoms with Crippen molar-refractivity contribution in [1.82, 2.24) is 0 Å². The highest BCUT2D eigenvalue weighted by Crippen LogP contribution is 2.37. The van der Waals surface area contributed by atoms with Gasteiger partial charge in [-0.25, -0.2) is 0 Å². The zero-order valence-electron chi connectivity index (χ0n) is 13.8. The molecule has 0 amide bonds. The van der Waals surface area contributed by atoms with E-state index in [0.29, 0.717) is 13.2 Å². The molecule has 3 aromatic carbocycles. The molecule has 0 saturated heterocycles. The highest BCUT2D eigenvalue weighted by Gasteiger charge is 2.13. The minimum Gasteiger partial charge on any atom is -0.464 e. The van der Waals surface area contributed by atoms with Crippen LogP contribution >= 0.6 is 0 Å². The van der Waals surface area contributed by atoms with E-state index in [1.165, 1.54) is 16.3 Å². The summed E-state index contributed by atoms with van der Waals surface area (Å²) in [5, 5.41) is 4.61. The zero-order chi connectivity index (χ0) is 16.2. The monoisotopic (exact) mass is 310 g/mol. The van der Waals surface area contributed by atoms with Crippen molar-refractivity contribution in [3.8, 4) is 5.75 Å². The average molecular weight is 310 g/mol. The van der Waals surface area contributed by atoms with Gasteiger partial charge in [-0.3, -0.25) is 0 Å². The standard InChI is InChI=1S/C20H22O3/c1-14-7-6-9-17-13-16-8-4-5-10-18(16)20(19(14)17)23-15(2)22-12-11-21-3/h4-10,13,15H,11-12H2,1-3H3. The van der Waals surface area contributed by atoms with Gasteiger partial charge in [-0.2, -0.15) is 0 Å². The molecule has 3 nitrogen and oxygen atoms in total. The van der Waals surface area contributed by atoms with Crippen LogP contribution in [-0.4, -0.2) is 26.6 Å². The number of hydrogen-bond acceptors (Lipinski definition) is 3. The van der Waals surface area contributed by atoms with Crippen molar-refractivity contribution < 1.29 is 14.2 Å². The van der Waals surface area contributed by atoms with Crippen molar-refractivity contribution in [2.75, 3.05) is 20.3 Å². The molecule has 0 radical (unpaired) electrons. The molecular formula is C20H22O3. The summed E-state index contributed by atoms with van der Waals surface area (Å²) < 4.78 is 16.9. The van der Waals surface area contributed by atoms with E-state index in [-0.39, 0.29) is 6.29 Å². The fraction of sp³-hybridized carbons (Fsp3) is 0.300. The van der Waals surface area contributed by atoms with Crippen molar-refractivity contribution in [1.29, 1.82) is 0 Å². The van der Waals surface area contributed by atoms with Crippen LogP contribution in [0, 0.1) is 6.92 Å². The molecule has 0 saturated carbocycles. The summed E-state index contributed by atoms with van der Waals surface area (Å²) in [6, 6.07) is 16.8. The molecule has 1 atom stereocenters. The molecule has 0 aliphatic heterocycles. The Morgan fingerprint density at radius 2 is 1.74 bits per heavy atom. The smallest absolute Gasteiger partial charge is 0.197 e. The summed E-state index contributed by atoms with van der Waals surface area (Å²) in [5.41, 5.74) is 1.20. The van der Waals surface area contributed by atoms with E-state index in [9.17, 15) is 0 Å². The first kappa shape index (κ1) is 15.8. The van der Waals surface area contributed by atoms with Gasteiger partial charge in [-0.15, -0.1) is 0 Å². The molecule has 120 valence electrons. The second kappa shape index (κ2) is 6.99. The maximum atomic E-state index is 6.19. The number of methoxy groups -OCH3 is 1. The van der Waals surface area contributed by atoms with Gasteiger partial charge in [0.1, 0.15) is 5.75 Å². The SMILES string of the molecule is COCCOC(C)Oc1c2ccccc2cc2cccc(C)c12. The van der Waals surface area contributed by atoms with Gasteiger partial charge in [-0.05, 0) is 36.2 Å². The molecule has 0 spiro atoms. The second-order valence-electron chi connectivity index (χ2n) is 5.65. The van der Waals surface area contributed by atoms with Crippen LogP contribution in [0.25, 0.3) is 21.5 Å². The van der Waals surface area contributed by atoms with E-state index in [1.807, 2.05) is 19.1 Å². The van der Waals surface area contributed by atoms with Crippen LogP contribution in [0.5, 0.6) is 5.75 Å². The third-order valence-corrected chi connectivity index (χ3v) is 3.97. The number of ether oxygens (including phenoxy) is 3. The van der Waals surface area contributed by atoms with Crippen molar-refractivity contribution in [3.63, 3.8) is 0 Å². The molecule has 3 rings (SSSR count). The molecule has 3 aromatic rings. The molecule has 3 heteroatoms. The Morgan fingerprint density at radius 3 is 2.57 bits per heavy atom. The van der Waals surface area contributed by atoms with E-state index < -0.39 is 0 Å². The Bertz CT molecular complexity index is 810. The number of hydrogen-bond donors (Lipinski definition) is 0. The Labute approximate surface area is 136 Å². The maximum Gasteiger partial charge on any atom is 0.197 e. The molecule has 0 aliphatic rings. The van der Waals surface area contributed by atoms with Gasteiger partial charge in [0.05, 0.1) is 13.2 Å². The average Bonchev–Trinajstić information content (AvgIpc) is 2.55. The molecule has 0 aliphatic carbocycles. The maximum absolute atomic E-state index is 6.19. The summed E-state index contributed by atoms with van der Waals surface area (Å²) in [5.74, 6) is 0.890. The van der Waals surface area contributed by atoms with Crippen molar-refractivity contribution >= 4 is 21.5 Å². The van der Waals surface area contributed by atoms with Crippen LogP contribution in [0.1, 0.15) is 12.5 Å². The van der Waals surface area contributed by atoms with Crippen molar-refractivity contribution in [2.24, 2.45) is 0 Å². The molecule has 0 aromatic heterocycles. The fourth-order valence-electron chi connectivity index (χ4n) is 2.87. The van der Waals surface area contributed by atoms with Crippen LogP contribution in [0.3, 0.4) is 0 Å². The van der Waals surface area contributed by atoms with Crippen molar-refractivity contribution in [3.05, 3.63) is 54.1 Å². The molecular weight excluding hydrogens is 288 g/mol. The number of fused-ring (bicyclic) bond motifs is 2. The summed E-state index contributed by atoms with van der Waals surface area (Å²) in [7, 11) is 1.66. The molecule has 0 fully saturated rings. The summed E-state index contributed by atoms with van der Waals surface area (Å²) >= 11 is 0. The van der Waals surface area contributed by atoms with E-state index in [1.54, 1.807) is 7.11 Å². The van der Waals surface area contributed by atoms with Gasteiger partial charge in [0.2, 0.25) is 0 Å². The van der Waals surface area contributed by atoms with Gasteiger partial charge in [-0.1, -0.05) is 42.5 Å². The lowest BCUT2D eigenvalue weighted by atomic mass is 9.99. The van der Waals surface area contributed by atoms with Crippen LogP contribution < -0.4 is 4.74 Å². The quantitative estimate of drug-likeness (QED) is 0.375. The topological polar surface area (TPSA) is 27.7 Å². The Balaban J connectivity index is 2.07. The van der Waals surface area contributed by atoms with Crippen LogP contribution in [0.2, 0.25) is 0 Å². The second-order valence-corrected chi connectivity index (χ2v) is 5.65. The lowest BCUT2D eigenvalue weighted by molar-refractivity contribution is -0.0782. The summed E-state index contributed by atoms with van der Waals surface area (Å²) in [4.78, 5) is 0. The van der Waals surface area contributed by atoms with E-state index >= 15 is 0 Å². The van der Waals surface area contributed by atoms with Gasteiger partial charge < -0.3 is 14.2 Å². The van der Waals surface area contributed by atoms with E-state index in [4.69, 9.17) is 14.2 Å². The lowest BCUT2D eigenvalue weighted by Crippen LogP contribution is -2.19. The largest absolute Gasteiger partial charge is 0.464 e. The molecule has 0 N–H and O–H groups in total. The Kier molecular flexibility index (Phi) is 4.79. The van der Waals surface area contributed by atoms with Crippen LogP contribution in [-0.2, 0) is 9.47 Å². The number of rotatable bonds is 6. The molecule has 1 unspecified atom stereocenters. The molecule has 23 heavy (non-hydrogen) atoms. The van der Waals surface area contributed by atoms with Crippen molar-refractivity contribution in [2.45, 2.75) is 20.1 Å². The Hall–Kier alpha value is -2.10. The third-order valence-electron chi connectivity index (χ3n) is 3.97. The van der Waals surface area contributed by atoms with Crippen LogP contribution in [0.15, 0.2) is 48.5 Å². The summed E-state index contributed by atoms with van der Waals surface area (Å²) in [6.45, 7) is 5.10. The fourth-order valence-corrected chi connectivity index (χ4v) is 2.87. The predicted octanol–water partition coefficient (Wildman–Crippen LogP) is 4.69. The number of benzene rings is 3. The predicted molar refractivity (Wildman–Crippen MR) is 94.1 cm³/mol. The van der Waals surface area contributed by atoms with E-state index in [0.717, 1.165) is 16.5 Å². The first-order chi connectivity index (χ1) is 11.2. The Morgan fingerprint density at radius 1 is 0.957 bits per heavy atom. The summed E-state index contributed by atoms with van der Waals surface area (Å²) in [6.07, 6.45) is -0.334. The highest BCUT2D eigenvalue weighted by molar-refractivity contribution is 6.06. The normalized spacial score (nSPS) is 12.7. The van der Waals surface area contributed by atoms with Crippen LogP contribution in [0.4, 0.5) is 0 Å².